The van der Waals surface area contributed by atoms with Crippen molar-refractivity contribution in [2.75, 3.05) is 6.61 Å². The van der Waals surface area contributed by atoms with Crippen molar-refractivity contribution >= 4 is 28.2 Å². The molecule has 0 spiro atoms. The molecule has 0 amide bonds. The van der Waals surface area contributed by atoms with Crippen LogP contribution in [0.15, 0.2) is 43.0 Å². The average molecular weight is 365 g/mol. The van der Waals surface area contributed by atoms with E-state index in [1.165, 1.54) is 18.6 Å². The van der Waals surface area contributed by atoms with E-state index in [0.29, 0.717) is 22.4 Å². The highest BCUT2D eigenvalue weighted by molar-refractivity contribution is 5.88. The quantitative estimate of drug-likeness (QED) is 0.516. The third-order valence-corrected chi connectivity index (χ3v) is 4.36. The second-order valence-electron chi connectivity index (χ2n) is 6.02. The largest absolute Gasteiger partial charge is 0.461 e. The minimum absolute atomic E-state index is 0.0847. The molecule has 3 heterocycles. The molecule has 0 radical (unpaired) electrons. The summed E-state index contributed by atoms with van der Waals surface area (Å²) in [6, 6.07) is 6.44. The standard InChI is InChI=1S/C19H16FN5O2/c1-3-27-19(26)16-9-22-17-18(24-16)25(10-23-17)11(2)13-7-12-5-4-6-21-15(12)8-14(13)20/h4-11H,3H2,1-2H3. The van der Waals surface area contributed by atoms with Crippen molar-refractivity contribution in [2.45, 2.75) is 19.9 Å². The fourth-order valence-electron chi connectivity index (χ4n) is 2.98. The highest BCUT2D eigenvalue weighted by atomic mass is 19.1. The first kappa shape index (κ1) is 17.0. The molecule has 1 aromatic carbocycles. The minimum atomic E-state index is -0.560. The molecule has 0 aliphatic rings. The number of halogens is 1. The number of hydrogen-bond donors (Lipinski definition) is 0. The smallest absolute Gasteiger partial charge is 0.358 e. The number of hydrogen-bond acceptors (Lipinski definition) is 6. The Hall–Kier alpha value is -3.42. The topological polar surface area (TPSA) is 82.8 Å². The van der Waals surface area contributed by atoms with Crippen LogP contribution in [0.3, 0.4) is 0 Å². The number of esters is 1. The minimum Gasteiger partial charge on any atom is -0.461 e. The van der Waals surface area contributed by atoms with Crippen LogP contribution in [-0.2, 0) is 4.74 Å². The molecule has 8 heteroatoms. The Morgan fingerprint density at radius 1 is 1.30 bits per heavy atom. The Morgan fingerprint density at radius 3 is 2.96 bits per heavy atom. The summed E-state index contributed by atoms with van der Waals surface area (Å²) in [5.41, 5.74) is 1.90. The lowest BCUT2D eigenvalue weighted by molar-refractivity contribution is 0.0519. The maximum absolute atomic E-state index is 14.7. The van der Waals surface area contributed by atoms with Crippen LogP contribution in [0.5, 0.6) is 0 Å². The third kappa shape index (κ3) is 2.99. The monoisotopic (exact) mass is 365 g/mol. The summed E-state index contributed by atoms with van der Waals surface area (Å²) in [6.07, 6.45) is 4.49. The number of carbonyl (C=O) groups is 1. The Kier molecular flexibility index (Phi) is 4.23. The van der Waals surface area contributed by atoms with Gasteiger partial charge in [-0.05, 0) is 26.0 Å². The van der Waals surface area contributed by atoms with Crippen LogP contribution in [-0.4, -0.2) is 37.1 Å². The van der Waals surface area contributed by atoms with Crippen LogP contribution in [0.2, 0.25) is 0 Å². The fraction of sp³-hybridized carbons (Fsp3) is 0.211. The Balaban J connectivity index is 1.80. The van der Waals surface area contributed by atoms with Crippen LogP contribution in [0, 0.1) is 5.82 Å². The van der Waals surface area contributed by atoms with Gasteiger partial charge in [-0.2, -0.15) is 0 Å². The van der Waals surface area contributed by atoms with E-state index in [9.17, 15) is 9.18 Å². The molecule has 0 N–H and O–H groups in total. The number of nitrogens with zero attached hydrogens (tertiary/aromatic N) is 5. The lowest BCUT2D eigenvalue weighted by Crippen LogP contribution is -2.11. The van der Waals surface area contributed by atoms with E-state index in [1.54, 1.807) is 29.8 Å². The molecule has 136 valence electrons. The molecule has 0 fully saturated rings. The summed E-state index contributed by atoms with van der Waals surface area (Å²) in [4.78, 5) is 28.8. The van der Waals surface area contributed by atoms with E-state index >= 15 is 0 Å². The molecule has 4 rings (SSSR count). The Morgan fingerprint density at radius 2 is 2.15 bits per heavy atom. The van der Waals surface area contributed by atoms with E-state index < -0.39 is 12.0 Å². The molecule has 0 bridgehead atoms. The van der Waals surface area contributed by atoms with Gasteiger partial charge in [0.15, 0.2) is 17.0 Å². The van der Waals surface area contributed by atoms with Gasteiger partial charge in [0.05, 0.1) is 30.7 Å². The number of fused-ring (bicyclic) bond motifs is 2. The van der Waals surface area contributed by atoms with Gasteiger partial charge in [-0.15, -0.1) is 0 Å². The van der Waals surface area contributed by atoms with Crippen LogP contribution in [0.1, 0.15) is 35.9 Å². The summed E-state index contributed by atoms with van der Waals surface area (Å²) in [6.45, 7) is 3.79. The number of benzene rings is 1. The molecule has 0 aliphatic heterocycles. The zero-order valence-corrected chi connectivity index (χ0v) is 14.8. The molecule has 3 aromatic heterocycles. The van der Waals surface area contributed by atoms with E-state index in [2.05, 4.69) is 19.9 Å². The van der Waals surface area contributed by atoms with Gasteiger partial charge in [0.1, 0.15) is 5.82 Å². The molecule has 7 nitrogen and oxygen atoms in total. The van der Waals surface area contributed by atoms with Crippen molar-refractivity contribution in [1.29, 1.82) is 0 Å². The average Bonchev–Trinajstić information content (AvgIpc) is 3.10. The number of carbonyl (C=O) groups excluding carboxylic acids is 1. The van der Waals surface area contributed by atoms with E-state index in [0.717, 1.165) is 5.39 Å². The molecular weight excluding hydrogens is 349 g/mol. The Labute approximate surface area is 153 Å². The lowest BCUT2D eigenvalue weighted by atomic mass is 10.0. The van der Waals surface area contributed by atoms with Crippen molar-refractivity contribution in [3.05, 3.63) is 60.1 Å². The summed E-state index contributed by atoms with van der Waals surface area (Å²) in [5.74, 6) is -0.930. The molecule has 27 heavy (non-hydrogen) atoms. The van der Waals surface area contributed by atoms with Gasteiger partial charge >= 0.3 is 5.97 Å². The molecular formula is C19H16FN5O2. The van der Waals surface area contributed by atoms with Gasteiger partial charge < -0.3 is 9.30 Å². The van der Waals surface area contributed by atoms with Gasteiger partial charge in [0.25, 0.3) is 0 Å². The summed E-state index contributed by atoms with van der Waals surface area (Å²) in [7, 11) is 0. The molecule has 1 atom stereocenters. The molecule has 4 aromatic rings. The maximum atomic E-state index is 14.7. The van der Waals surface area contributed by atoms with Gasteiger partial charge in [0.2, 0.25) is 0 Å². The molecule has 1 unspecified atom stereocenters. The van der Waals surface area contributed by atoms with Gasteiger partial charge in [-0.25, -0.2) is 24.1 Å². The van der Waals surface area contributed by atoms with Crippen molar-refractivity contribution in [1.82, 2.24) is 24.5 Å². The molecule has 0 aliphatic carbocycles. The lowest BCUT2D eigenvalue weighted by Gasteiger charge is -2.16. The predicted octanol–water partition coefficient (Wildman–Crippen LogP) is 3.30. The van der Waals surface area contributed by atoms with E-state index in [4.69, 9.17) is 4.74 Å². The second kappa shape index (κ2) is 6.71. The zero-order valence-electron chi connectivity index (χ0n) is 14.8. The highest BCUT2D eigenvalue weighted by Gasteiger charge is 2.19. The summed E-state index contributed by atoms with van der Waals surface area (Å²) in [5, 5.41) is 0.837. The van der Waals surface area contributed by atoms with Crippen molar-refractivity contribution in [3.8, 4) is 0 Å². The van der Waals surface area contributed by atoms with Crippen molar-refractivity contribution in [3.63, 3.8) is 0 Å². The molecule has 0 saturated carbocycles. The normalized spacial score (nSPS) is 12.4. The summed E-state index contributed by atoms with van der Waals surface area (Å²) >= 11 is 0. The van der Waals surface area contributed by atoms with E-state index in [-0.39, 0.29) is 18.1 Å². The predicted molar refractivity (Wildman–Crippen MR) is 96.8 cm³/mol. The van der Waals surface area contributed by atoms with Crippen molar-refractivity contribution in [2.24, 2.45) is 0 Å². The first-order valence-electron chi connectivity index (χ1n) is 8.49. The first-order chi connectivity index (χ1) is 13.1. The summed E-state index contributed by atoms with van der Waals surface area (Å²) < 4.78 is 21.3. The first-order valence-corrected chi connectivity index (χ1v) is 8.49. The number of aromatic nitrogens is 5. The highest BCUT2D eigenvalue weighted by Crippen LogP contribution is 2.27. The molecule has 0 saturated heterocycles. The van der Waals surface area contributed by atoms with Gasteiger partial charge in [-0.3, -0.25) is 4.98 Å². The van der Waals surface area contributed by atoms with Crippen LogP contribution < -0.4 is 0 Å². The number of imidazole rings is 1. The van der Waals surface area contributed by atoms with Gasteiger partial charge in [-0.1, -0.05) is 6.07 Å². The third-order valence-electron chi connectivity index (χ3n) is 4.36. The SMILES string of the molecule is CCOC(=O)c1cnc2ncn(C(C)c3cc4cccnc4cc3F)c2n1. The van der Waals surface area contributed by atoms with E-state index in [1.807, 2.05) is 13.0 Å². The fourth-order valence-corrected chi connectivity index (χ4v) is 2.98. The maximum Gasteiger partial charge on any atom is 0.358 e. The van der Waals surface area contributed by atoms with Crippen LogP contribution in [0.25, 0.3) is 22.2 Å². The number of pyridine rings is 1. The number of ether oxygens (including phenoxy) is 1. The zero-order chi connectivity index (χ0) is 19.0. The number of rotatable bonds is 4. The van der Waals surface area contributed by atoms with Gasteiger partial charge in [0, 0.05) is 23.2 Å². The second-order valence-corrected chi connectivity index (χ2v) is 6.02. The van der Waals surface area contributed by atoms with Crippen molar-refractivity contribution < 1.29 is 13.9 Å². The van der Waals surface area contributed by atoms with Crippen LogP contribution >= 0.6 is 0 Å². The Bertz CT molecular complexity index is 1160. The van der Waals surface area contributed by atoms with Crippen LogP contribution in [0.4, 0.5) is 4.39 Å².